The van der Waals surface area contributed by atoms with E-state index in [0.717, 1.165) is 12.3 Å². The molecule has 0 radical (unpaired) electrons. The molecule has 1 nitrogen and oxygen atoms in total. The largest absolute Gasteiger partial charge is 0.357 e. The van der Waals surface area contributed by atoms with E-state index in [1.807, 2.05) is 12.1 Å². The Morgan fingerprint density at radius 1 is 0.900 bits per heavy atom. The monoisotopic (exact) mass is 284 g/mol. The van der Waals surface area contributed by atoms with E-state index in [-0.39, 0.29) is 5.56 Å². The summed E-state index contributed by atoms with van der Waals surface area (Å²) in [7, 11) is 0. The van der Waals surface area contributed by atoms with Crippen molar-refractivity contribution < 1.29 is 22.3 Å². The van der Waals surface area contributed by atoms with Gasteiger partial charge in [0.25, 0.3) is 0 Å². The van der Waals surface area contributed by atoms with Gasteiger partial charge in [-0.2, -0.15) is 17.6 Å². The predicted octanol–water partition coefficient (Wildman–Crippen LogP) is 4.57. The molecule has 0 aliphatic carbocycles. The van der Waals surface area contributed by atoms with Gasteiger partial charge in [-0.25, -0.2) is 0 Å². The minimum Gasteiger partial charge on any atom is -0.357 e. The van der Waals surface area contributed by atoms with Gasteiger partial charge in [0.15, 0.2) is 6.10 Å². The third-order valence-electron chi connectivity index (χ3n) is 3.70. The van der Waals surface area contributed by atoms with Crippen LogP contribution in [0.3, 0.4) is 0 Å². The van der Waals surface area contributed by atoms with Gasteiger partial charge in [-0.15, -0.1) is 0 Å². The molecule has 0 saturated carbocycles. The van der Waals surface area contributed by atoms with E-state index in [1.165, 1.54) is 12.1 Å². The smallest absolute Gasteiger partial charge is 0.342 e. The van der Waals surface area contributed by atoms with Crippen LogP contribution in [0.2, 0.25) is 0 Å². The molecule has 2 aromatic rings. The highest BCUT2D eigenvalue weighted by Crippen LogP contribution is 2.54. The zero-order valence-electron chi connectivity index (χ0n) is 10.6. The predicted molar refractivity (Wildman–Crippen MR) is 67.1 cm³/mol. The van der Waals surface area contributed by atoms with Gasteiger partial charge < -0.3 is 4.74 Å². The fourth-order valence-electron chi connectivity index (χ4n) is 2.48. The summed E-state index contributed by atoms with van der Waals surface area (Å²) in [4.78, 5) is 0. The average Bonchev–Trinajstić information content (AvgIpc) is 2.58. The molecule has 0 aromatic heterocycles. The lowest BCUT2D eigenvalue weighted by Crippen LogP contribution is -2.43. The van der Waals surface area contributed by atoms with Crippen molar-refractivity contribution in [3.8, 4) is 0 Å². The van der Waals surface area contributed by atoms with Crippen molar-refractivity contribution in [2.24, 2.45) is 0 Å². The highest BCUT2D eigenvalue weighted by atomic mass is 19.3. The van der Waals surface area contributed by atoms with Crippen molar-refractivity contribution in [3.63, 3.8) is 0 Å². The summed E-state index contributed by atoms with van der Waals surface area (Å²) in [5, 5.41) is 1.57. The van der Waals surface area contributed by atoms with Crippen LogP contribution < -0.4 is 0 Å². The van der Waals surface area contributed by atoms with E-state index in [9.17, 15) is 17.6 Å². The highest BCUT2D eigenvalue weighted by molar-refractivity contribution is 5.83. The second kappa shape index (κ2) is 4.19. The summed E-state index contributed by atoms with van der Waals surface area (Å²) in [6.07, 6.45) is -3.73. The quantitative estimate of drug-likeness (QED) is 0.697. The van der Waals surface area contributed by atoms with Crippen LogP contribution in [0.25, 0.3) is 10.8 Å². The minimum absolute atomic E-state index is 0.0673. The average molecular weight is 284 g/mol. The number of alkyl halides is 4. The molecular weight excluding hydrogens is 272 g/mol. The topological polar surface area (TPSA) is 9.23 Å². The lowest BCUT2D eigenvalue weighted by Gasteiger charge is -2.22. The van der Waals surface area contributed by atoms with Gasteiger partial charge in [-0.3, -0.25) is 0 Å². The molecule has 1 aliphatic heterocycles. The van der Waals surface area contributed by atoms with E-state index in [1.54, 1.807) is 18.2 Å². The molecule has 0 N–H and O–H groups in total. The van der Waals surface area contributed by atoms with Crippen molar-refractivity contribution >= 4 is 10.8 Å². The Balaban J connectivity index is 2.07. The van der Waals surface area contributed by atoms with Crippen molar-refractivity contribution in [3.05, 3.63) is 48.0 Å². The Kier molecular flexibility index (Phi) is 2.80. The number of hydrogen-bond donors (Lipinski definition) is 0. The molecule has 1 aliphatic rings. The number of benzene rings is 2. The molecule has 3 rings (SSSR count). The first-order valence-electron chi connectivity index (χ1n) is 6.24. The summed E-state index contributed by atoms with van der Waals surface area (Å²) in [5.74, 6) is -8.38. The Labute approximate surface area is 113 Å². The van der Waals surface area contributed by atoms with Gasteiger partial charge in [0.1, 0.15) is 6.10 Å². The fourth-order valence-corrected chi connectivity index (χ4v) is 2.48. The van der Waals surface area contributed by atoms with Crippen LogP contribution in [0.4, 0.5) is 17.6 Å². The van der Waals surface area contributed by atoms with Gasteiger partial charge in [0.2, 0.25) is 0 Å². The second-order valence-electron chi connectivity index (χ2n) is 5.01. The zero-order valence-corrected chi connectivity index (χ0v) is 10.6. The number of hydrogen-bond acceptors (Lipinski definition) is 1. The fraction of sp³-hybridized carbons (Fsp3) is 0.333. The molecule has 5 heteroatoms. The standard InChI is InChI=1S/C15H12F4O/c1-9-14(16,17)15(18,19)13(20-9)12-7-6-10-4-2-3-5-11(10)8-12/h2-9,13H,1H3. The molecule has 2 atom stereocenters. The molecule has 0 bridgehead atoms. The van der Waals surface area contributed by atoms with Crippen LogP contribution in [0.1, 0.15) is 18.6 Å². The van der Waals surface area contributed by atoms with E-state index in [4.69, 9.17) is 4.74 Å². The second-order valence-corrected chi connectivity index (χ2v) is 5.01. The zero-order chi connectivity index (χ0) is 14.5. The van der Waals surface area contributed by atoms with Crippen LogP contribution in [0.5, 0.6) is 0 Å². The lowest BCUT2D eigenvalue weighted by molar-refractivity contribution is -0.197. The Bertz CT molecular complexity index is 653. The highest BCUT2D eigenvalue weighted by Gasteiger charge is 2.71. The third kappa shape index (κ3) is 1.73. The van der Waals surface area contributed by atoms with Crippen molar-refractivity contribution in [1.82, 2.24) is 0 Å². The maximum absolute atomic E-state index is 13.8. The van der Waals surface area contributed by atoms with Crippen LogP contribution in [-0.2, 0) is 4.74 Å². The summed E-state index contributed by atoms with van der Waals surface area (Å²) in [6, 6.07) is 11.7. The number of rotatable bonds is 1. The Hall–Kier alpha value is -1.62. The summed E-state index contributed by atoms with van der Waals surface area (Å²) >= 11 is 0. The van der Waals surface area contributed by atoms with Crippen molar-refractivity contribution in [2.45, 2.75) is 31.0 Å². The molecule has 1 heterocycles. The van der Waals surface area contributed by atoms with Crippen LogP contribution in [-0.4, -0.2) is 17.9 Å². The van der Waals surface area contributed by atoms with Gasteiger partial charge >= 0.3 is 11.8 Å². The molecule has 2 aromatic carbocycles. The van der Waals surface area contributed by atoms with Gasteiger partial charge in [-0.05, 0) is 29.3 Å². The summed E-state index contributed by atoms with van der Waals surface area (Å²) in [6.45, 7) is 0.967. The SMILES string of the molecule is CC1OC(c2ccc3ccccc3c2)C(F)(F)C1(F)F. The number of fused-ring (bicyclic) bond motifs is 1. The molecular formula is C15H12F4O. The normalized spacial score (nSPS) is 27.9. The van der Waals surface area contributed by atoms with Gasteiger partial charge in [-0.1, -0.05) is 36.4 Å². The van der Waals surface area contributed by atoms with E-state index in [0.29, 0.717) is 5.39 Å². The molecule has 0 spiro atoms. The first-order chi connectivity index (χ1) is 9.34. The number of halogens is 4. The maximum atomic E-state index is 13.8. The van der Waals surface area contributed by atoms with Crippen LogP contribution in [0.15, 0.2) is 42.5 Å². The first-order valence-corrected chi connectivity index (χ1v) is 6.24. The summed E-state index contributed by atoms with van der Waals surface area (Å²) in [5.41, 5.74) is 0.0673. The minimum atomic E-state index is -4.21. The number of ether oxygens (including phenoxy) is 1. The Morgan fingerprint density at radius 2 is 1.55 bits per heavy atom. The molecule has 0 amide bonds. The lowest BCUT2D eigenvalue weighted by atomic mass is 9.97. The first kappa shape index (κ1) is 13.4. The van der Waals surface area contributed by atoms with Gasteiger partial charge in [0.05, 0.1) is 0 Å². The van der Waals surface area contributed by atoms with Crippen LogP contribution >= 0.6 is 0 Å². The molecule has 20 heavy (non-hydrogen) atoms. The third-order valence-corrected chi connectivity index (χ3v) is 3.70. The maximum Gasteiger partial charge on any atom is 0.342 e. The van der Waals surface area contributed by atoms with E-state index in [2.05, 4.69) is 0 Å². The molecule has 1 fully saturated rings. The summed E-state index contributed by atoms with van der Waals surface area (Å²) < 4.78 is 59.5. The molecule has 1 saturated heterocycles. The van der Waals surface area contributed by atoms with E-state index < -0.39 is 24.1 Å². The van der Waals surface area contributed by atoms with Crippen molar-refractivity contribution in [2.75, 3.05) is 0 Å². The van der Waals surface area contributed by atoms with Crippen molar-refractivity contribution in [1.29, 1.82) is 0 Å². The van der Waals surface area contributed by atoms with Crippen LogP contribution in [0, 0.1) is 0 Å². The molecule has 106 valence electrons. The Morgan fingerprint density at radius 3 is 2.15 bits per heavy atom. The molecule has 2 unspecified atom stereocenters. The van der Waals surface area contributed by atoms with E-state index >= 15 is 0 Å². The van der Waals surface area contributed by atoms with Gasteiger partial charge in [0, 0.05) is 0 Å².